The summed E-state index contributed by atoms with van der Waals surface area (Å²) in [6.45, 7) is 1.09. The summed E-state index contributed by atoms with van der Waals surface area (Å²) in [5.74, 6) is -0.630. The number of benzene rings is 1. The summed E-state index contributed by atoms with van der Waals surface area (Å²) in [4.78, 5) is 40.4. The quantitative estimate of drug-likeness (QED) is 0.767. The second kappa shape index (κ2) is 7.76. The van der Waals surface area contributed by atoms with Gasteiger partial charge in [-0.05, 0) is 31.2 Å². The molecule has 1 spiro atoms. The van der Waals surface area contributed by atoms with Crippen molar-refractivity contribution < 1.29 is 23.9 Å². The number of hydrogen-bond acceptors (Lipinski definition) is 5. The standard InChI is InChI=1S/C19H24N2O5/c1-25-16(22)13-20-11-5-9-19(17(20)23)10-6-12-21(19)18(24)26-14-15-7-3-2-4-8-15/h2-4,7-8H,5-6,9-14H2,1H3. The Morgan fingerprint density at radius 2 is 1.81 bits per heavy atom. The Morgan fingerprint density at radius 1 is 1.12 bits per heavy atom. The Labute approximate surface area is 152 Å². The molecule has 140 valence electrons. The number of likely N-dealkylation sites (tertiary alicyclic amines) is 2. The molecule has 0 aromatic heterocycles. The van der Waals surface area contributed by atoms with Crippen LogP contribution < -0.4 is 0 Å². The van der Waals surface area contributed by atoms with Crippen molar-refractivity contribution in [2.24, 2.45) is 0 Å². The van der Waals surface area contributed by atoms with Crippen LogP contribution in [-0.2, 0) is 25.7 Å². The van der Waals surface area contributed by atoms with Gasteiger partial charge in [-0.15, -0.1) is 0 Å². The Bertz CT molecular complexity index is 678. The third-order valence-electron chi connectivity index (χ3n) is 5.17. The van der Waals surface area contributed by atoms with Crippen LogP contribution in [0.1, 0.15) is 31.2 Å². The van der Waals surface area contributed by atoms with Gasteiger partial charge in [0, 0.05) is 13.1 Å². The summed E-state index contributed by atoms with van der Waals surface area (Å²) >= 11 is 0. The van der Waals surface area contributed by atoms with Crippen molar-refractivity contribution >= 4 is 18.0 Å². The summed E-state index contributed by atoms with van der Waals surface area (Å²) in [5, 5.41) is 0. The van der Waals surface area contributed by atoms with Crippen LogP contribution in [0.25, 0.3) is 0 Å². The molecule has 2 heterocycles. The minimum atomic E-state index is -0.889. The highest BCUT2D eigenvalue weighted by Gasteiger charge is 2.53. The van der Waals surface area contributed by atoms with E-state index in [4.69, 9.17) is 4.74 Å². The molecule has 1 aromatic carbocycles. The molecule has 2 aliphatic rings. The SMILES string of the molecule is COC(=O)CN1CCCC2(CCCN2C(=O)OCc2ccccc2)C1=O. The van der Waals surface area contributed by atoms with Crippen molar-refractivity contribution in [1.29, 1.82) is 0 Å². The van der Waals surface area contributed by atoms with E-state index in [1.165, 1.54) is 12.0 Å². The largest absolute Gasteiger partial charge is 0.468 e. The first-order valence-electron chi connectivity index (χ1n) is 8.91. The van der Waals surface area contributed by atoms with Crippen LogP contribution in [0.2, 0.25) is 0 Å². The molecule has 2 aliphatic heterocycles. The van der Waals surface area contributed by atoms with E-state index in [-0.39, 0.29) is 19.1 Å². The molecule has 3 rings (SSSR count). The molecule has 0 aliphatic carbocycles. The average Bonchev–Trinajstić information content (AvgIpc) is 3.09. The van der Waals surface area contributed by atoms with Crippen molar-refractivity contribution in [2.45, 2.75) is 37.8 Å². The zero-order valence-corrected chi connectivity index (χ0v) is 15.0. The van der Waals surface area contributed by atoms with Gasteiger partial charge in [0.25, 0.3) is 0 Å². The lowest BCUT2D eigenvalue weighted by molar-refractivity contribution is -0.154. The fourth-order valence-electron chi connectivity index (χ4n) is 3.86. The number of hydrogen-bond donors (Lipinski definition) is 0. The average molecular weight is 360 g/mol. The maximum absolute atomic E-state index is 13.1. The predicted octanol–water partition coefficient (Wildman–Crippen LogP) is 1.95. The highest BCUT2D eigenvalue weighted by Crippen LogP contribution is 2.38. The summed E-state index contributed by atoms with van der Waals surface area (Å²) in [5.41, 5.74) is 0.0106. The van der Waals surface area contributed by atoms with E-state index in [1.54, 1.807) is 4.90 Å². The molecule has 2 amide bonds. The van der Waals surface area contributed by atoms with Gasteiger partial charge >= 0.3 is 12.1 Å². The second-order valence-electron chi connectivity index (χ2n) is 6.73. The number of ether oxygens (including phenoxy) is 2. The van der Waals surface area contributed by atoms with Gasteiger partial charge in [0.15, 0.2) is 0 Å². The van der Waals surface area contributed by atoms with Crippen LogP contribution >= 0.6 is 0 Å². The molecule has 0 saturated carbocycles. The number of methoxy groups -OCH3 is 1. The normalized spacial score (nSPS) is 22.6. The number of amides is 2. The van der Waals surface area contributed by atoms with Gasteiger partial charge in [-0.25, -0.2) is 4.79 Å². The molecule has 2 saturated heterocycles. The zero-order chi connectivity index (χ0) is 18.6. The predicted molar refractivity (Wildman–Crippen MR) is 93.1 cm³/mol. The van der Waals surface area contributed by atoms with E-state index in [0.29, 0.717) is 25.9 Å². The number of carbonyl (C=O) groups excluding carboxylic acids is 3. The summed E-state index contributed by atoms with van der Waals surface area (Å²) < 4.78 is 10.1. The zero-order valence-electron chi connectivity index (χ0n) is 15.0. The number of piperidine rings is 1. The van der Waals surface area contributed by atoms with E-state index in [9.17, 15) is 14.4 Å². The summed E-state index contributed by atoms with van der Waals surface area (Å²) in [6, 6.07) is 9.44. The van der Waals surface area contributed by atoms with E-state index < -0.39 is 17.6 Å². The van der Waals surface area contributed by atoms with Gasteiger partial charge in [0.1, 0.15) is 18.7 Å². The molecule has 26 heavy (non-hydrogen) atoms. The summed E-state index contributed by atoms with van der Waals surface area (Å²) in [7, 11) is 1.30. The number of carbonyl (C=O) groups is 3. The van der Waals surface area contributed by atoms with Gasteiger partial charge in [-0.1, -0.05) is 30.3 Å². The maximum atomic E-state index is 13.1. The van der Waals surface area contributed by atoms with Gasteiger partial charge < -0.3 is 14.4 Å². The molecule has 2 fully saturated rings. The van der Waals surface area contributed by atoms with Crippen LogP contribution in [0, 0.1) is 0 Å². The van der Waals surface area contributed by atoms with E-state index in [2.05, 4.69) is 4.74 Å². The minimum Gasteiger partial charge on any atom is -0.468 e. The fourth-order valence-corrected chi connectivity index (χ4v) is 3.86. The molecule has 0 N–H and O–H groups in total. The van der Waals surface area contributed by atoms with Crippen molar-refractivity contribution in [3.63, 3.8) is 0 Å². The lowest BCUT2D eigenvalue weighted by Gasteiger charge is -2.43. The fraction of sp³-hybridized carbons (Fsp3) is 0.526. The van der Waals surface area contributed by atoms with Crippen LogP contribution in [0.3, 0.4) is 0 Å². The molecule has 7 nitrogen and oxygen atoms in total. The van der Waals surface area contributed by atoms with Crippen molar-refractivity contribution in [1.82, 2.24) is 9.80 Å². The van der Waals surface area contributed by atoms with Crippen molar-refractivity contribution in [2.75, 3.05) is 26.7 Å². The van der Waals surface area contributed by atoms with E-state index in [1.807, 2.05) is 30.3 Å². The summed E-state index contributed by atoms with van der Waals surface area (Å²) in [6.07, 6.45) is 2.22. The molecule has 0 bridgehead atoms. The van der Waals surface area contributed by atoms with Gasteiger partial charge in [-0.3, -0.25) is 14.5 Å². The lowest BCUT2D eigenvalue weighted by atomic mass is 9.85. The molecule has 1 atom stereocenters. The Morgan fingerprint density at radius 3 is 2.50 bits per heavy atom. The van der Waals surface area contributed by atoms with E-state index >= 15 is 0 Å². The second-order valence-corrected chi connectivity index (χ2v) is 6.73. The van der Waals surface area contributed by atoms with Gasteiger partial charge in [-0.2, -0.15) is 0 Å². The number of esters is 1. The molecule has 7 heteroatoms. The molecule has 0 radical (unpaired) electrons. The van der Waals surface area contributed by atoms with Crippen LogP contribution in [0.5, 0.6) is 0 Å². The smallest absolute Gasteiger partial charge is 0.411 e. The first kappa shape index (κ1) is 18.2. The van der Waals surface area contributed by atoms with Crippen LogP contribution in [0.4, 0.5) is 4.79 Å². The van der Waals surface area contributed by atoms with Crippen LogP contribution in [-0.4, -0.2) is 60.1 Å². The first-order chi connectivity index (χ1) is 12.6. The molecule has 1 aromatic rings. The Kier molecular flexibility index (Phi) is 5.44. The first-order valence-corrected chi connectivity index (χ1v) is 8.91. The topological polar surface area (TPSA) is 76.2 Å². The molecular weight excluding hydrogens is 336 g/mol. The molecule has 1 unspecified atom stereocenters. The lowest BCUT2D eigenvalue weighted by Crippen LogP contribution is -2.62. The monoisotopic (exact) mass is 360 g/mol. The highest BCUT2D eigenvalue weighted by atomic mass is 16.6. The van der Waals surface area contributed by atoms with Gasteiger partial charge in [0.05, 0.1) is 7.11 Å². The van der Waals surface area contributed by atoms with Crippen molar-refractivity contribution in [3.05, 3.63) is 35.9 Å². The van der Waals surface area contributed by atoms with Crippen molar-refractivity contribution in [3.8, 4) is 0 Å². The highest BCUT2D eigenvalue weighted by molar-refractivity contribution is 5.93. The van der Waals surface area contributed by atoms with Crippen LogP contribution in [0.15, 0.2) is 30.3 Å². The third-order valence-corrected chi connectivity index (χ3v) is 5.17. The molecular formula is C19H24N2O5. The van der Waals surface area contributed by atoms with Gasteiger partial charge in [0.2, 0.25) is 5.91 Å². The third kappa shape index (κ3) is 3.52. The van der Waals surface area contributed by atoms with E-state index in [0.717, 1.165) is 18.4 Å². The Balaban J connectivity index is 1.70. The maximum Gasteiger partial charge on any atom is 0.411 e. The number of rotatable bonds is 4. The number of nitrogens with zero attached hydrogens (tertiary/aromatic N) is 2. The minimum absolute atomic E-state index is 0.0794. The Hall–Kier alpha value is -2.57.